The number of carbonyl (C=O) groups excluding carboxylic acids is 2. The zero-order valence-corrected chi connectivity index (χ0v) is 9.73. The fourth-order valence-electron chi connectivity index (χ4n) is 1.16. The van der Waals surface area contributed by atoms with E-state index in [9.17, 15) is 9.59 Å². The Morgan fingerprint density at radius 1 is 1.41 bits per heavy atom. The van der Waals surface area contributed by atoms with Gasteiger partial charge in [0.05, 0.1) is 0 Å². The highest BCUT2D eigenvalue weighted by Gasteiger charge is 2.12. The molecule has 0 radical (unpaired) electrons. The minimum Gasteiger partial charge on any atom is -0.364 e. The SMILES string of the molecule is CCNC(=O)C(C)Nc1ccc(C(N)=O)nn1. The molecule has 0 aromatic carbocycles. The van der Waals surface area contributed by atoms with Crippen LogP contribution in [0.2, 0.25) is 0 Å². The van der Waals surface area contributed by atoms with Gasteiger partial charge in [-0.15, -0.1) is 10.2 Å². The number of primary amides is 1. The number of hydrogen-bond donors (Lipinski definition) is 3. The van der Waals surface area contributed by atoms with Crippen LogP contribution in [0, 0.1) is 0 Å². The second kappa shape index (κ2) is 5.78. The fourth-order valence-corrected chi connectivity index (χ4v) is 1.16. The smallest absolute Gasteiger partial charge is 0.269 e. The number of nitrogens with two attached hydrogens (primary N) is 1. The minimum atomic E-state index is -0.638. The standard InChI is InChI=1S/C10H15N5O2/c1-3-12-10(17)6(2)13-8-5-4-7(9(11)16)14-15-8/h4-6H,3H2,1-2H3,(H2,11,16)(H,12,17)(H,13,15). The van der Waals surface area contributed by atoms with E-state index in [1.807, 2.05) is 6.92 Å². The van der Waals surface area contributed by atoms with Gasteiger partial charge in [0.15, 0.2) is 5.69 Å². The van der Waals surface area contributed by atoms with E-state index in [0.29, 0.717) is 12.4 Å². The molecule has 0 saturated carbocycles. The Bertz CT molecular complexity index is 404. The van der Waals surface area contributed by atoms with E-state index in [-0.39, 0.29) is 11.6 Å². The lowest BCUT2D eigenvalue weighted by Gasteiger charge is -2.13. The Labute approximate surface area is 98.8 Å². The Hall–Kier alpha value is -2.18. The van der Waals surface area contributed by atoms with Crippen molar-refractivity contribution < 1.29 is 9.59 Å². The molecule has 17 heavy (non-hydrogen) atoms. The maximum Gasteiger partial charge on any atom is 0.269 e. The Balaban J connectivity index is 2.63. The summed E-state index contributed by atoms with van der Waals surface area (Å²) < 4.78 is 0. The monoisotopic (exact) mass is 237 g/mol. The second-order valence-corrected chi connectivity index (χ2v) is 3.43. The third-order valence-electron chi connectivity index (χ3n) is 2.03. The van der Waals surface area contributed by atoms with Crippen LogP contribution < -0.4 is 16.4 Å². The molecule has 92 valence electrons. The molecule has 7 heteroatoms. The number of hydrogen-bond acceptors (Lipinski definition) is 5. The van der Waals surface area contributed by atoms with Gasteiger partial charge >= 0.3 is 0 Å². The molecule has 0 aliphatic carbocycles. The number of rotatable bonds is 5. The van der Waals surface area contributed by atoms with Crippen molar-refractivity contribution in [3.63, 3.8) is 0 Å². The lowest BCUT2D eigenvalue weighted by atomic mass is 10.3. The van der Waals surface area contributed by atoms with Crippen LogP contribution in [0.4, 0.5) is 5.82 Å². The predicted octanol–water partition coefficient (Wildman–Crippen LogP) is -0.488. The molecule has 1 atom stereocenters. The van der Waals surface area contributed by atoms with E-state index >= 15 is 0 Å². The summed E-state index contributed by atoms with van der Waals surface area (Å²) in [5, 5.41) is 12.9. The third kappa shape index (κ3) is 3.71. The maximum absolute atomic E-state index is 11.4. The van der Waals surface area contributed by atoms with Crippen molar-refractivity contribution in [3.8, 4) is 0 Å². The second-order valence-electron chi connectivity index (χ2n) is 3.43. The molecule has 4 N–H and O–H groups in total. The lowest BCUT2D eigenvalue weighted by Crippen LogP contribution is -2.37. The molecule has 1 rings (SSSR count). The molecule has 0 aliphatic rings. The average molecular weight is 237 g/mol. The van der Waals surface area contributed by atoms with Gasteiger partial charge in [-0.2, -0.15) is 0 Å². The van der Waals surface area contributed by atoms with E-state index in [1.54, 1.807) is 13.0 Å². The number of likely N-dealkylation sites (N-methyl/N-ethyl adjacent to an activating group) is 1. The van der Waals surface area contributed by atoms with E-state index in [4.69, 9.17) is 5.73 Å². The van der Waals surface area contributed by atoms with Crippen molar-refractivity contribution in [1.82, 2.24) is 15.5 Å². The minimum absolute atomic E-state index is 0.0845. The molecule has 0 spiro atoms. The van der Waals surface area contributed by atoms with Gasteiger partial charge in [-0.25, -0.2) is 0 Å². The summed E-state index contributed by atoms with van der Waals surface area (Å²) in [5.41, 5.74) is 5.11. The summed E-state index contributed by atoms with van der Waals surface area (Å²) in [5.74, 6) is -0.358. The van der Waals surface area contributed by atoms with Gasteiger partial charge in [-0.05, 0) is 26.0 Å². The van der Waals surface area contributed by atoms with Gasteiger partial charge in [0.1, 0.15) is 11.9 Å². The molecule has 1 aromatic heterocycles. The summed E-state index contributed by atoms with van der Waals surface area (Å²) in [7, 11) is 0. The number of aromatic nitrogens is 2. The van der Waals surface area contributed by atoms with Crippen LogP contribution in [-0.2, 0) is 4.79 Å². The normalized spacial score (nSPS) is 11.6. The lowest BCUT2D eigenvalue weighted by molar-refractivity contribution is -0.121. The van der Waals surface area contributed by atoms with Gasteiger partial charge in [-0.1, -0.05) is 0 Å². The van der Waals surface area contributed by atoms with Gasteiger partial charge in [-0.3, -0.25) is 9.59 Å². The van der Waals surface area contributed by atoms with Crippen molar-refractivity contribution in [3.05, 3.63) is 17.8 Å². The summed E-state index contributed by atoms with van der Waals surface area (Å²) in [6, 6.07) is 2.56. The summed E-state index contributed by atoms with van der Waals surface area (Å²) >= 11 is 0. The molecular weight excluding hydrogens is 222 g/mol. The van der Waals surface area contributed by atoms with Gasteiger partial charge in [0.2, 0.25) is 5.91 Å². The number of anilines is 1. The number of nitrogens with zero attached hydrogens (tertiary/aromatic N) is 2. The Morgan fingerprint density at radius 2 is 2.12 bits per heavy atom. The van der Waals surface area contributed by atoms with E-state index in [0.717, 1.165) is 0 Å². The Kier molecular flexibility index (Phi) is 4.38. The zero-order chi connectivity index (χ0) is 12.8. The summed E-state index contributed by atoms with van der Waals surface area (Å²) in [4.78, 5) is 22.2. The predicted molar refractivity (Wildman–Crippen MR) is 62.3 cm³/mol. The zero-order valence-electron chi connectivity index (χ0n) is 9.73. The van der Waals surface area contributed by atoms with Crippen LogP contribution in [0.15, 0.2) is 12.1 Å². The quantitative estimate of drug-likeness (QED) is 0.640. The maximum atomic E-state index is 11.4. The molecule has 1 heterocycles. The van der Waals surface area contributed by atoms with Crippen LogP contribution >= 0.6 is 0 Å². The highest BCUT2D eigenvalue weighted by atomic mass is 16.2. The molecule has 1 unspecified atom stereocenters. The fraction of sp³-hybridized carbons (Fsp3) is 0.400. The first kappa shape index (κ1) is 12.9. The van der Waals surface area contributed by atoms with Gasteiger partial charge in [0, 0.05) is 6.54 Å². The van der Waals surface area contributed by atoms with E-state index in [1.165, 1.54) is 6.07 Å². The topological polar surface area (TPSA) is 110 Å². The van der Waals surface area contributed by atoms with Crippen molar-refractivity contribution in [2.45, 2.75) is 19.9 Å². The third-order valence-corrected chi connectivity index (χ3v) is 2.03. The summed E-state index contributed by atoms with van der Waals surface area (Å²) in [6.07, 6.45) is 0. The van der Waals surface area contributed by atoms with Crippen molar-refractivity contribution in [2.75, 3.05) is 11.9 Å². The molecule has 0 bridgehead atoms. The van der Waals surface area contributed by atoms with Crippen LogP contribution in [0.1, 0.15) is 24.3 Å². The van der Waals surface area contributed by atoms with Gasteiger partial charge in [0.25, 0.3) is 5.91 Å². The van der Waals surface area contributed by atoms with E-state index in [2.05, 4.69) is 20.8 Å². The van der Waals surface area contributed by atoms with Crippen LogP contribution in [0.25, 0.3) is 0 Å². The van der Waals surface area contributed by atoms with Crippen molar-refractivity contribution in [1.29, 1.82) is 0 Å². The van der Waals surface area contributed by atoms with Crippen LogP contribution in [0.3, 0.4) is 0 Å². The molecule has 0 saturated heterocycles. The molecule has 2 amide bonds. The first-order chi connectivity index (χ1) is 8.04. The van der Waals surface area contributed by atoms with Crippen molar-refractivity contribution in [2.24, 2.45) is 5.73 Å². The molecule has 0 aliphatic heterocycles. The largest absolute Gasteiger partial charge is 0.364 e. The van der Waals surface area contributed by atoms with E-state index < -0.39 is 11.9 Å². The number of carbonyl (C=O) groups is 2. The number of nitrogens with one attached hydrogen (secondary N) is 2. The van der Waals surface area contributed by atoms with Gasteiger partial charge < -0.3 is 16.4 Å². The Morgan fingerprint density at radius 3 is 2.59 bits per heavy atom. The first-order valence-electron chi connectivity index (χ1n) is 5.22. The first-order valence-corrected chi connectivity index (χ1v) is 5.22. The van der Waals surface area contributed by atoms with Crippen molar-refractivity contribution >= 4 is 17.6 Å². The highest BCUT2D eigenvalue weighted by molar-refractivity contribution is 5.90. The number of amides is 2. The molecule has 7 nitrogen and oxygen atoms in total. The molecular formula is C10H15N5O2. The van der Waals surface area contributed by atoms with Crippen LogP contribution in [-0.4, -0.2) is 34.6 Å². The molecule has 0 fully saturated rings. The molecule has 1 aromatic rings. The average Bonchev–Trinajstić information content (AvgIpc) is 2.30. The highest BCUT2D eigenvalue weighted by Crippen LogP contribution is 2.03. The van der Waals surface area contributed by atoms with Crippen LogP contribution in [0.5, 0.6) is 0 Å². The summed E-state index contributed by atoms with van der Waals surface area (Å²) in [6.45, 7) is 4.11.